The van der Waals surface area contributed by atoms with Gasteiger partial charge in [0.15, 0.2) is 0 Å². The van der Waals surface area contributed by atoms with Crippen molar-refractivity contribution in [3.63, 3.8) is 0 Å². The third-order valence-corrected chi connectivity index (χ3v) is 4.45. The first kappa shape index (κ1) is 14.5. The van der Waals surface area contributed by atoms with Crippen LogP contribution in [0.4, 0.5) is 0 Å². The second kappa shape index (κ2) is 5.76. The monoisotopic (exact) mass is 340 g/mol. The van der Waals surface area contributed by atoms with Gasteiger partial charge in [0.1, 0.15) is 0 Å². The number of benzene rings is 2. The third kappa shape index (κ3) is 3.10. The van der Waals surface area contributed by atoms with Crippen LogP contribution in [-0.4, -0.2) is 9.97 Å². The zero-order chi connectivity index (χ0) is 15.0. The minimum atomic E-state index is -0.224. The van der Waals surface area contributed by atoms with Gasteiger partial charge < -0.3 is 9.97 Å². The van der Waals surface area contributed by atoms with Crippen LogP contribution >= 0.6 is 34.8 Å². The first-order valence-corrected chi connectivity index (χ1v) is 7.52. The molecule has 0 aliphatic carbocycles. The largest absolute Gasteiger partial charge is 0.323 e. The molecule has 6 heteroatoms. The van der Waals surface area contributed by atoms with Gasteiger partial charge in [0, 0.05) is 0 Å². The van der Waals surface area contributed by atoms with Crippen molar-refractivity contribution in [1.29, 1.82) is 0 Å². The molecule has 0 spiro atoms. The summed E-state index contributed by atoms with van der Waals surface area (Å²) >= 11 is 18.4. The summed E-state index contributed by atoms with van der Waals surface area (Å²) < 4.78 is 0. The highest BCUT2D eigenvalue weighted by atomic mass is 35.5. The summed E-state index contributed by atoms with van der Waals surface area (Å²) in [5.41, 5.74) is 3.23. The standard InChI is InChI=1S/C15H11Cl3N2O/c16-10-3-1-8(6-12(10)18)5-11(17)9-2-4-13-14(7-9)20-15(21)19-13/h1-4,6-7,11H,5H2,(H2,19,20,21). The third-order valence-electron chi connectivity index (χ3n) is 3.30. The Morgan fingerprint density at radius 1 is 0.952 bits per heavy atom. The maximum Gasteiger partial charge on any atom is 0.323 e. The predicted octanol–water partition coefficient (Wildman–Crippen LogP) is 4.69. The lowest BCUT2D eigenvalue weighted by atomic mass is 10.0. The Bertz CT molecular complexity index is 853. The molecule has 0 bridgehead atoms. The quantitative estimate of drug-likeness (QED) is 0.667. The molecule has 2 aromatic carbocycles. The van der Waals surface area contributed by atoms with Gasteiger partial charge >= 0.3 is 5.69 Å². The van der Waals surface area contributed by atoms with E-state index in [0.717, 1.165) is 22.2 Å². The van der Waals surface area contributed by atoms with Crippen molar-refractivity contribution in [1.82, 2.24) is 9.97 Å². The zero-order valence-electron chi connectivity index (χ0n) is 10.8. The van der Waals surface area contributed by atoms with Crippen LogP contribution in [0.1, 0.15) is 16.5 Å². The Hall–Kier alpha value is -1.42. The highest BCUT2D eigenvalue weighted by molar-refractivity contribution is 6.42. The molecule has 21 heavy (non-hydrogen) atoms. The normalized spacial score (nSPS) is 12.7. The molecule has 0 saturated heterocycles. The fraction of sp³-hybridized carbons (Fsp3) is 0.133. The van der Waals surface area contributed by atoms with Crippen molar-refractivity contribution in [2.75, 3.05) is 0 Å². The van der Waals surface area contributed by atoms with E-state index in [9.17, 15) is 4.79 Å². The van der Waals surface area contributed by atoms with E-state index < -0.39 is 0 Å². The van der Waals surface area contributed by atoms with Gasteiger partial charge in [-0.15, -0.1) is 11.6 Å². The molecular formula is C15H11Cl3N2O. The molecule has 3 aromatic rings. The Morgan fingerprint density at radius 2 is 1.71 bits per heavy atom. The number of hydrogen-bond acceptors (Lipinski definition) is 1. The molecular weight excluding hydrogens is 331 g/mol. The van der Waals surface area contributed by atoms with Gasteiger partial charge in [0.25, 0.3) is 0 Å². The van der Waals surface area contributed by atoms with Crippen molar-refractivity contribution >= 4 is 45.8 Å². The lowest BCUT2D eigenvalue weighted by molar-refractivity contribution is 0.921. The number of imidazole rings is 1. The van der Waals surface area contributed by atoms with Gasteiger partial charge in [0.2, 0.25) is 0 Å². The van der Waals surface area contributed by atoms with Crippen LogP contribution < -0.4 is 5.69 Å². The minimum Gasteiger partial charge on any atom is -0.306 e. The molecule has 108 valence electrons. The van der Waals surface area contributed by atoms with Crippen LogP contribution in [0, 0.1) is 0 Å². The molecule has 0 aliphatic rings. The molecule has 0 fully saturated rings. The van der Waals surface area contributed by atoms with E-state index in [0.29, 0.717) is 16.5 Å². The van der Waals surface area contributed by atoms with Crippen LogP contribution in [0.15, 0.2) is 41.2 Å². The van der Waals surface area contributed by atoms with E-state index in [-0.39, 0.29) is 11.1 Å². The first-order chi connectivity index (χ1) is 10.0. The second-order valence-corrected chi connectivity index (χ2v) is 6.15. The summed E-state index contributed by atoms with van der Waals surface area (Å²) in [4.78, 5) is 16.7. The van der Waals surface area contributed by atoms with Crippen LogP contribution in [0.3, 0.4) is 0 Å². The summed E-state index contributed by atoms with van der Waals surface area (Å²) in [5.74, 6) is 0. The number of rotatable bonds is 3. The van der Waals surface area contributed by atoms with Crippen molar-refractivity contribution < 1.29 is 0 Å². The predicted molar refractivity (Wildman–Crippen MR) is 87.7 cm³/mol. The van der Waals surface area contributed by atoms with Crippen molar-refractivity contribution in [2.45, 2.75) is 11.8 Å². The van der Waals surface area contributed by atoms with Gasteiger partial charge in [-0.05, 0) is 41.8 Å². The number of aromatic amines is 2. The van der Waals surface area contributed by atoms with Crippen LogP contribution in [0.2, 0.25) is 10.0 Å². The minimum absolute atomic E-state index is 0.218. The number of H-pyrrole nitrogens is 2. The Kier molecular flexibility index (Phi) is 3.98. The average Bonchev–Trinajstić information content (AvgIpc) is 2.82. The Balaban J connectivity index is 1.87. The molecule has 2 N–H and O–H groups in total. The molecule has 3 nitrogen and oxygen atoms in total. The van der Waals surface area contributed by atoms with Gasteiger partial charge in [-0.25, -0.2) is 4.79 Å². The molecule has 0 amide bonds. The molecule has 1 aromatic heterocycles. The number of nitrogens with one attached hydrogen (secondary N) is 2. The van der Waals surface area contributed by atoms with Gasteiger partial charge in [-0.1, -0.05) is 35.3 Å². The van der Waals surface area contributed by atoms with E-state index in [1.54, 1.807) is 6.07 Å². The lowest BCUT2D eigenvalue weighted by Crippen LogP contribution is -1.99. The van der Waals surface area contributed by atoms with Crippen molar-refractivity contribution in [2.24, 2.45) is 0 Å². The van der Waals surface area contributed by atoms with E-state index in [2.05, 4.69) is 9.97 Å². The molecule has 0 radical (unpaired) electrons. The number of aromatic nitrogens is 2. The van der Waals surface area contributed by atoms with Crippen molar-refractivity contribution in [3.8, 4) is 0 Å². The molecule has 0 aliphatic heterocycles. The lowest BCUT2D eigenvalue weighted by Gasteiger charge is -2.11. The number of hydrogen-bond donors (Lipinski definition) is 2. The Labute approximate surface area is 135 Å². The summed E-state index contributed by atoms with van der Waals surface area (Å²) in [7, 11) is 0. The zero-order valence-corrected chi connectivity index (χ0v) is 13.1. The summed E-state index contributed by atoms with van der Waals surface area (Å²) in [6.45, 7) is 0. The van der Waals surface area contributed by atoms with Crippen LogP contribution in [0.25, 0.3) is 11.0 Å². The molecule has 3 rings (SSSR count). The van der Waals surface area contributed by atoms with Gasteiger partial charge in [-0.3, -0.25) is 0 Å². The number of halogens is 3. The number of alkyl halides is 1. The van der Waals surface area contributed by atoms with Crippen LogP contribution in [0.5, 0.6) is 0 Å². The highest BCUT2D eigenvalue weighted by Gasteiger charge is 2.11. The molecule has 1 unspecified atom stereocenters. The summed E-state index contributed by atoms with van der Waals surface area (Å²) in [5, 5.41) is 0.825. The second-order valence-electron chi connectivity index (χ2n) is 4.80. The Morgan fingerprint density at radius 3 is 2.48 bits per heavy atom. The van der Waals surface area contributed by atoms with E-state index >= 15 is 0 Å². The first-order valence-electron chi connectivity index (χ1n) is 6.33. The molecule has 1 heterocycles. The van der Waals surface area contributed by atoms with Gasteiger partial charge in [0.05, 0.1) is 26.5 Å². The number of fused-ring (bicyclic) bond motifs is 1. The maximum atomic E-state index is 11.3. The van der Waals surface area contributed by atoms with Gasteiger partial charge in [-0.2, -0.15) is 0 Å². The van der Waals surface area contributed by atoms with Crippen LogP contribution in [-0.2, 0) is 6.42 Å². The fourth-order valence-electron chi connectivity index (χ4n) is 2.24. The smallest absolute Gasteiger partial charge is 0.306 e. The SMILES string of the molecule is O=c1[nH]c2ccc(C(Cl)Cc3ccc(Cl)c(Cl)c3)cc2[nH]1. The molecule has 0 saturated carbocycles. The fourth-order valence-corrected chi connectivity index (χ4v) is 2.87. The highest BCUT2D eigenvalue weighted by Crippen LogP contribution is 2.29. The van der Waals surface area contributed by atoms with E-state index in [1.165, 1.54) is 0 Å². The summed E-state index contributed by atoms with van der Waals surface area (Å²) in [6.07, 6.45) is 0.624. The van der Waals surface area contributed by atoms with E-state index in [1.807, 2.05) is 30.3 Å². The maximum absolute atomic E-state index is 11.3. The topological polar surface area (TPSA) is 48.6 Å². The average molecular weight is 342 g/mol. The summed E-state index contributed by atoms with van der Waals surface area (Å²) in [6, 6.07) is 11.1. The molecule has 1 atom stereocenters. The van der Waals surface area contributed by atoms with Crippen molar-refractivity contribution in [3.05, 3.63) is 68.1 Å². The van der Waals surface area contributed by atoms with E-state index in [4.69, 9.17) is 34.8 Å².